The first-order chi connectivity index (χ1) is 19.3. The van der Waals surface area contributed by atoms with Gasteiger partial charge in [0.1, 0.15) is 11.2 Å². The minimum Gasteiger partial charge on any atom is -0.455 e. The third kappa shape index (κ3) is 3.27. The van der Waals surface area contributed by atoms with E-state index in [1.165, 1.54) is 32.3 Å². The van der Waals surface area contributed by atoms with Gasteiger partial charge in [0.25, 0.3) is 0 Å². The lowest BCUT2D eigenvalue weighted by Gasteiger charge is -2.32. The first-order valence-corrected chi connectivity index (χ1v) is 14.0. The fraction of sp³-hybridized carbons (Fsp3) is 0.167. The number of rotatable bonds is 2. The first-order valence-electron chi connectivity index (χ1n) is 14.0. The van der Waals surface area contributed by atoms with Crippen molar-refractivity contribution in [2.75, 3.05) is 0 Å². The van der Waals surface area contributed by atoms with Crippen molar-refractivity contribution in [3.63, 3.8) is 0 Å². The molecule has 2 heterocycles. The molecule has 8 rings (SSSR count). The van der Waals surface area contributed by atoms with Gasteiger partial charge in [0.15, 0.2) is 0 Å². The molecule has 1 fully saturated rings. The van der Waals surface area contributed by atoms with Crippen molar-refractivity contribution in [3.05, 3.63) is 103 Å². The molecule has 0 radical (unpaired) electrons. The van der Waals surface area contributed by atoms with Gasteiger partial charge in [-0.05, 0) is 83.2 Å². The summed E-state index contributed by atoms with van der Waals surface area (Å²) in [5.41, 5.74) is 4.25. The lowest BCUT2D eigenvalue weighted by Crippen LogP contribution is -2.41. The zero-order chi connectivity index (χ0) is 27.2. The molecule has 0 unspecified atom stereocenters. The Morgan fingerprint density at radius 2 is 1.12 bits per heavy atom. The monoisotopic (exact) mass is 520 g/mol. The van der Waals surface area contributed by atoms with E-state index in [2.05, 4.69) is 119 Å². The van der Waals surface area contributed by atoms with Crippen LogP contribution >= 0.6 is 0 Å². The standard InChI is InChI=1S/C36H29BO3/c1-35(2)36(3,4)40-37(39-35)31-17-10-15-28-25-12-6-5-11-24(25)26-20-19-22(21-30(26)33(28)31)23-14-9-16-29-27-13-7-8-18-32(27)38-34(23)29/h5-21H,1-4H3. The molecule has 0 spiro atoms. The van der Waals surface area contributed by atoms with Crippen molar-refractivity contribution in [3.8, 4) is 11.1 Å². The van der Waals surface area contributed by atoms with Gasteiger partial charge in [0.2, 0.25) is 0 Å². The van der Waals surface area contributed by atoms with Crippen LogP contribution in [0.15, 0.2) is 108 Å². The van der Waals surface area contributed by atoms with E-state index in [1.807, 2.05) is 12.1 Å². The van der Waals surface area contributed by atoms with Crippen LogP contribution in [0.25, 0.3) is 65.4 Å². The van der Waals surface area contributed by atoms with Crippen molar-refractivity contribution in [1.82, 2.24) is 0 Å². The fourth-order valence-electron chi connectivity index (χ4n) is 6.34. The Kier molecular flexibility index (Phi) is 4.87. The van der Waals surface area contributed by atoms with Crippen molar-refractivity contribution in [2.24, 2.45) is 0 Å². The second-order valence-electron chi connectivity index (χ2n) is 11.9. The van der Waals surface area contributed by atoms with E-state index in [9.17, 15) is 0 Å². The molecular formula is C36H29BO3. The van der Waals surface area contributed by atoms with Crippen molar-refractivity contribution >= 4 is 66.8 Å². The first kappa shape index (κ1) is 23.7. The van der Waals surface area contributed by atoms with Gasteiger partial charge in [-0.25, -0.2) is 0 Å². The summed E-state index contributed by atoms with van der Waals surface area (Å²) in [6, 6.07) is 36.7. The summed E-state index contributed by atoms with van der Waals surface area (Å²) >= 11 is 0. The Balaban J connectivity index is 1.45. The molecule has 1 aliphatic heterocycles. The average molecular weight is 520 g/mol. The SMILES string of the molecule is CC1(C)OB(c2cccc3c4ccccc4c4ccc(-c5cccc6c5oc5ccccc56)cc4c23)OC1(C)C. The van der Waals surface area contributed by atoms with Gasteiger partial charge in [-0.15, -0.1) is 0 Å². The molecule has 0 N–H and O–H groups in total. The minimum absolute atomic E-state index is 0.422. The summed E-state index contributed by atoms with van der Waals surface area (Å²) in [5, 5.41) is 9.52. The van der Waals surface area contributed by atoms with Gasteiger partial charge in [-0.1, -0.05) is 91.0 Å². The number of hydrogen-bond acceptors (Lipinski definition) is 3. The Hall–Kier alpha value is -4.12. The number of benzene rings is 6. The van der Waals surface area contributed by atoms with Crippen molar-refractivity contribution < 1.29 is 13.7 Å². The molecule has 1 aromatic heterocycles. The molecule has 4 heteroatoms. The van der Waals surface area contributed by atoms with Crippen LogP contribution in [0.4, 0.5) is 0 Å². The normalized spacial score (nSPS) is 16.6. The van der Waals surface area contributed by atoms with Crippen LogP contribution < -0.4 is 5.46 Å². The number of fused-ring (bicyclic) bond motifs is 9. The number of hydrogen-bond donors (Lipinski definition) is 0. The topological polar surface area (TPSA) is 31.6 Å². The van der Waals surface area contributed by atoms with Gasteiger partial charge in [0, 0.05) is 16.3 Å². The summed E-state index contributed by atoms with van der Waals surface area (Å²) in [5.74, 6) is 0. The van der Waals surface area contributed by atoms with Gasteiger partial charge >= 0.3 is 7.12 Å². The summed E-state index contributed by atoms with van der Waals surface area (Å²) < 4.78 is 19.6. The molecule has 194 valence electrons. The van der Waals surface area contributed by atoms with E-state index in [-0.39, 0.29) is 0 Å². The van der Waals surface area contributed by atoms with Crippen LogP contribution in [-0.2, 0) is 9.31 Å². The molecule has 0 aliphatic carbocycles. The smallest absolute Gasteiger partial charge is 0.455 e. The summed E-state index contributed by atoms with van der Waals surface area (Å²) in [6.07, 6.45) is 0. The van der Waals surface area contributed by atoms with Crippen molar-refractivity contribution in [2.45, 2.75) is 38.9 Å². The van der Waals surface area contributed by atoms with E-state index in [1.54, 1.807) is 0 Å². The van der Waals surface area contributed by atoms with Gasteiger partial charge < -0.3 is 13.7 Å². The van der Waals surface area contributed by atoms with Gasteiger partial charge in [-0.3, -0.25) is 0 Å². The predicted octanol–water partition coefficient (Wildman–Crippen LogP) is 9.01. The molecule has 7 aromatic rings. The molecule has 3 nitrogen and oxygen atoms in total. The highest BCUT2D eigenvalue weighted by molar-refractivity contribution is 6.66. The molecule has 0 bridgehead atoms. The maximum Gasteiger partial charge on any atom is 0.495 e. The van der Waals surface area contributed by atoms with Gasteiger partial charge in [0.05, 0.1) is 11.2 Å². The summed E-state index contributed by atoms with van der Waals surface area (Å²) in [6.45, 7) is 8.44. The third-order valence-corrected chi connectivity index (χ3v) is 9.12. The maximum atomic E-state index is 6.59. The molecule has 0 atom stereocenters. The van der Waals surface area contributed by atoms with E-state index >= 15 is 0 Å². The number of para-hydroxylation sites is 2. The quantitative estimate of drug-likeness (QED) is 0.168. The molecule has 1 saturated heterocycles. The molecule has 1 aliphatic rings. The highest BCUT2D eigenvalue weighted by atomic mass is 16.7. The fourth-order valence-corrected chi connectivity index (χ4v) is 6.34. The Morgan fingerprint density at radius 1 is 0.525 bits per heavy atom. The lowest BCUT2D eigenvalue weighted by molar-refractivity contribution is 0.00578. The Labute approximate surface area is 233 Å². The van der Waals surface area contributed by atoms with Crippen LogP contribution in [0.5, 0.6) is 0 Å². The molecule has 6 aromatic carbocycles. The molecular weight excluding hydrogens is 491 g/mol. The van der Waals surface area contributed by atoms with E-state index in [0.29, 0.717) is 0 Å². The molecule has 0 saturated carbocycles. The minimum atomic E-state index is -0.458. The van der Waals surface area contributed by atoms with E-state index < -0.39 is 18.3 Å². The average Bonchev–Trinajstić information content (AvgIpc) is 3.45. The van der Waals surface area contributed by atoms with Crippen LogP contribution in [0.3, 0.4) is 0 Å². The van der Waals surface area contributed by atoms with E-state index in [4.69, 9.17) is 13.7 Å². The van der Waals surface area contributed by atoms with Crippen LogP contribution in [-0.4, -0.2) is 18.3 Å². The highest BCUT2D eigenvalue weighted by Crippen LogP contribution is 2.42. The summed E-state index contributed by atoms with van der Waals surface area (Å²) in [4.78, 5) is 0. The predicted molar refractivity (Wildman–Crippen MR) is 167 cm³/mol. The largest absolute Gasteiger partial charge is 0.495 e. The summed E-state index contributed by atoms with van der Waals surface area (Å²) in [7, 11) is -0.458. The van der Waals surface area contributed by atoms with Crippen LogP contribution in [0, 0.1) is 0 Å². The Bertz CT molecular complexity index is 2120. The third-order valence-electron chi connectivity index (χ3n) is 9.12. The number of furan rings is 1. The second kappa shape index (κ2) is 8.20. The van der Waals surface area contributed by atoms with Crippen LogP contribution in [0.2, 0.25) is 0 Å². The van der Waals surface area contributed by atoms with Gasteiger partial charge in [-0.2, -0.15) is 0 Å². The van der Waals surface area contributed by atoms with Crippen molar-refractivity contribution in [1.29, 1.82) is 0 Å². The molecule has 0 amide bonds. The second-order valence-corrected chi connectivity index (χ2v) is 11.9. The lowest BCUT2D eigenvalue weighted by atomic mass is 9.74. The molecule has 40 heavy (non-hydrogen) atoms. The zero-order valence-electron chi connectivity index (χ0n) is 23.1. The highest BCUT2D eigenvalue weighted by Gasteiger charge is 2.52. The maximum absolute atomic E-state index is 6.59. The zero-order valence-corrected chi connectivity index (χ0v) is 23.1. The van der Waals surface area contributed by atoms with Crippen LogP contribution in [0.1, 0.15) is 27.7 Å². The van der Waals surface area contributed by atoms with E-state index in [0.717, 1.165) is 38.5 Å². The Morgan fingerprint density at radius 3 is 1.90 bits per heavy atom.